The third-order valence-electron chi connectivity index (χ3n) is 6.68. The van der Waals surface area contributed by atoms with Gasteiger partial charge in [-0.3, -0.25) is 19.8 Å². The highest BCUT2D eigenvalue weighted by Crippen LogP contribution is 2.35. The summed E-state index contributed by atoms with van der Waals surface area (Å²) in [6, 6.07) is 15.9. The molecule has 216 valence electrons. The first-order valence-electron chi connectivity index (χ1n) is 13.0. The van der Waals surface area contributed by atoms with Crippen LogP contribution in [0.4, 0.5) is 4.39 Å². The molecule has 41 heavy (non-hydrogen) atoms. The maximum Gasteiger partial charge on any atom is 0.243 e. The zero-order chi connectivity index (χ0) is 29.4. The summed E-state index contributed by atoms with van der Waals surface area (Å²) in [6.07, 6.45) is 0.666. The standard InChI is InChI=1S/C16H21N5O5S.C13H11F/c17-14(18)10-3-11(27-7-10)5-20-15(24)12-4-16(25-1-2-26-16)8-21(12)13(23)6-19-9-22;1-10-7-8-12(13(14)9-10)11-5-3-2-4-6-11/h3,7,9,12H,1-2,4-6,8H2,(H3,17,18)(H,19,22)(H,20,24);2-9H,1H3. The van der Waals surface area contributed by atoms with Crippen molar-refractivity contribution >= 4 is 35.4 Å². The van der Waals surface area contributed by atoms with E-state index in [2.05, 4.69) is 10.6 Å². The molecule has 1 aromatic heterocycles. The van der Waals surface area contributed by atoms with Crippen molar-refractivity contribution in [2.45, 2.75) is 31.7 Å². The van der Waals surface area contributed by atoms with Gasteiger partial charge >= 0.3 is 0 Å². The molecule has 3 amide bonds. The number of carbonyl (C=O) groups is 3. The fraction of sp³-hybridized carbons (Fsp3) is 0.310. The first-order valence-corrected chi connectivity index (χ1v) is 13.8. The van der Waals surface area contributed by atoms with E-state index in [1.807, 2.05) is 49.4 Å². The van der Waals surface area contributed by atoms with E-state index in [-0.39, 0.29) is 49.5 Å². The largest absolute Gasteiger partial charge is 0.384 e. The average Bonchev–Trinajstić information content (AvgIpc) is 3.72. The predicted molar refractivity (Wildman–Crippen MR) is 153 cm³/mol. The third-order valence-corrected chi connectivity index (χ3v) is 7.61. The van der Waals surface area contributed by atoms with Gasteiger partial charge in [0.25, 0.3) is 0 Å². The Morgan fingerprint density at radius 1 is 1.20 bits per heavy atom. The van der Waals surface area contributed by atoms with Crippen LogP contribution in [0.25, 0.3) is 11.1 Å². The molecule has 1 spiro atoms. The van der Waals surface area contributed by atoms with Gasteiger partial charge in [-0.25, -0.2) is 4.39 Å². The summed E-state index contributed by atoms with van der Waals surface area (Å²) >= 11 is 1.39. The first kappa shape index (κ1) is 29.8. The van der Waals surface area contributed by atoms with Crippen molar-refractivity contribution in [3.8, 4) is 11.1 Å². The van der Waals surface area contributed by atoms with Crippen molar-refractivity contribution in [2.24, 2.45) is 5.73 Å². The zero-order valence-corrected chi connectivity index (χ0v) is 23.3. The predicted octanol–water partition coefficient (Wildman–Crippen LogP) is 2.54. The summed E-state index contributed by atoms with van der Waals surface area (Å²) in [5.74, 6) is -1.87. The van der Waals surface area contributed by atoms with E-state index < -0.39 is 11.8 Å². The van der Waals surface area contributed by atoms with Crippen LogP contribution in [-0.4, -0.2) is 67.1 Å². The normalized spacial score (nSPS) is 17.0. The van der Waals surface area contributed by atoms with Crippen LogP contribution in [0.1, 0.15) is 22.4 Å². The van der Waals surface area contributed by atoms with E-state index in [0.717, 1.165) is 16.0 Å². The highest BCUT2D eigenvalue weighted by Gasteiger charge is 2.52. The molecule has 0 radical (unpaired) electrons. The molecule has 1 atom stereocenters. The van der Waals surface area contributed by atoms with Gasteiger partial charge in [-0.05, 0) is 30.2 Å². The first-order chi connectivity index (χ1) is 19.7. The molecule has 3 aromatic rings. The number of aryl methyl sites for hydroxylation is 1. The number of amides is 3. The molecule has 10 nitrogen and oxygen atoms in total. The van der Waals surface area contributed by atoms with Gasteiger partial charge in [-0.1, -0.05) is 42.5 Å². The van der Waals surface area contributed by atoms with Crippen LogP contribution in [0.2, 0.25) is 0 Å². The van der Waals surface area contributed by atoms with Gasteiger partial charge in [0.2, 0.25) is 18.2 Å². The SMILES string of the molecule is Cc1ccc(-c2ccccc2)c(F)c1.N=C(N)c1csc(CNC(=O)C2CC3(CN2C(=O)CNC=O)OCCO3)c1. The number of rotatable bonds is 8. The number of ether oxygens (including phenoxy) is 2. The van der Waals surface area contributed by atoms with E-state index in [1.165, 1.54) is 16.2 Å². The molecule has 2 saturated heterocycles. The van der Waals surface area contributed by atoms with Crippen LogP contribution in [0.5, 0.6) is 0 Å². The van der Waals surface area contributed by atoms with Crippen LogP contribution >= 0.6 is 11.3 Å². The number of amidine groups is 1. The van der Waals surface area contributed by atoms with E-state index in [0.29, 0.717) is 30.8 Å². The molecule has 5 N–H and O–H groups in total. The van der Waals surface area contributed by atoms with Crippen molar-refractivity contribution < 1.29 is 28.2 Å². The molecule has 0 bridgehead atoms. The lowest BCUT2D eigenvalue weighted by Crippen LogP contribution is -2.48. The molecule has 2 aromatic carbocycles. The van der Waals surface area contributed by atoms with Gasteiger partial charge in [0.1, 0.15) is 17.7 Å². The molecular formula is C29H32FN5O5S. The number of nitrogens with one attached hydrogen (secondary N) is 3. The second-order valence-electron chi connectivity index (χ2n) is 9.63. The molecule has 2 fully saturated rings. The maximum absolute atomic E-state index is 13.5. The fourth-order valence-electron chi connectivity index (χ4n) is 4.65. The van der Waals surface area contributed by atoms with Crippen molar-refractivity contribution in [1.29, 1.82) is 5.41 Å². The minimum atomic E-state index is -0.969. The van der Waals surface area contributed by atoms with Crippen molar-refractivity contribution in [1.82, 2.24) is 15.5 Å². The highest BCUT2D eigenvalue weighted by atomic mass is 32.1. The summed E-state index contributed by atoms with van der Waals surface area (Å²) in [4.78, 5) is 37.8. The molecule has 2 aliphatic heterocycles. The van der Waals surface area contributed by atoms with Crippen LogP contribution in [0, 0.1) is 18.2 Å². The Morgan fingerprint density at radius 3 is 2.56 bits per heavy atom. The van der Waals surface area contributed by atoms with Crippen LogP contribution in [0.15, 0.2) is 60.0 Å². The van der Waals surface area contributed by atoms with Crippen LogP contribution in [-0.2, 0) is 30.4 Å². The lowest BCUT2D eigenvalue weighted by Gasteiger charge is -2.23. The molecule has 1 unspecified atom stereocenters. The summed E-state index contributed by atoms with van der Waals surface area (Å²) in [6.45, 7) is 2.90. The number of nitrogen functional groups attached to an aromatic ring is 1. The Bertz CT molecular complexity index is 1390. The number of nitrogens with two attached hydrogens (primary N) is 1. The quantitative estimate of drug-likeness (QED) is 0.183. The number of halogens is 1. The number of hydrogen-bond donors (Lipinski definition) is 4. The van der Waals surface area contributed by atoms with E-state index in [1.54, 1.807) is 17.5 Å². The second kappa shape index (κ2) is 13.5. The second-order valence-corrected chi connectivity index (χ2v) is 10.6. The van der Waals surface area contributed by atoms with Gasteiger partial charge in [-0.15, -0.1) is 11.3 Å². The van der Waals surface area contributed by atoms with Gasteiger partial charge in [0.15, 0.2) is 5.79 Å². The van der Waals surface area contributed by atoms with Crippen molar-refractivity contribution in [3.05, 3.63) is 81.8 Å². The maximum atomic E-state index is 13.5. The Labute approximate surface area is 241 Å². The molecule has 0 saturated carbocycles. The highest BCUT2D eigenvalue weighted by molar-refractivity contribution is 7.10. The summed E-state index contributed by atoms with van der Waals surface area (Å²) in [5, 5.41) is 14.3. The number of thiophene rings is 1. The number of nitrogens with zero attached hydrogens (tertiary/aromatic N) is 1. The lowest BCUT2D eigenvalue weighted by atomic mass is 10.0. The Hall–Kier alpha value is -4.13. The number of carbonyl (C=O) groups excluding carboxylic acids is 3. The molecule has 2 aliphatic rings. The Morgan fingerprint density at radius 2 is 1.93 bits per heavy atom. The number of likely N-dealkylation sites (tertiary alicyclic amines) is 1. The molecule has 5 rings (SSSR count). The topological polar surface area (TPSA) is 147 Å². The Balaban J connectivity index is 0.000000231. The molecular weight excluding hydrogens is 549 g/mol. The van der Waals surface area contributed by atoms with Gasteiger partial charge in [-0.2, -0.15) is 0 Å². The van der Waals surface area contributed by atoms with Crippen molar-refractivity contribution in [2.75, 3.05) is 26.3 Å². The Kier molecular flexibility index (Phi) is 9.82. The molecule has 3 heterocycles. The van der Waals surface area contributed by atoms with Gasteiger partial charge in [0, 0.05) is 27.8 Å². The minimum Gasteiger partial charge on any atom is -0.384 e. The van der Waals surface area contributed by atoms with Crippen LogP contribution in [0.3, 0.4) is 0 Å². The van der Waals surface area contributed by atoms with E-state index in [4.69, 9.17) is 20.6 Å². The summed E-state index contributed by atoms with van der Waals surface area (Å²) < 4.78 is 24.8. The third kappa shape index (κ3) is 7.54. The van der Waals surface area contributed by atoms with Gasteiger partial charge in [0.05, 0.1) is 32.8 Å². The van der Waals surface area contributed by atoms with Crippen LogP contribution < -0.4 is 16.4 Å². The smallest absolute Gasteiger partial charge is 0.243 e. The number of benzene rings is 2. The van der Waals surface area contributed by atoms with E-state index >= 15 is 0 Å². The zero-order valence-electron chi connectivity index (χ0n) is 22.5. The molecule has 12 heteroatoms. The number of hydrogen-bond acceptors (Lipinski definition) is 7. The minimum absolute atomic E-state index is 0.0310. The summed E-state index contributed by atoms with van der Waals surface area (Å²) in [5.41, 5.74) is 8.58. The van der Waals surface area contributed by atoms with Gasteiger partial charge < -0.3 is 30.7 Å². The van der Waals surface area contributed by atoms with E-state index in [9.17, 15) is 18.8 Å². The lowest BCUT2D eigenvalue weighted by molar-refractivity contribution is -0.152. The molecule has 0 aliphatic carbocycles. The fourth-order valence-corrected chi connectivity index (χ4v) is 5.47. The monoisotopic (exact) mass is 581 g/mol. The summed E-state index contributed by atoms with van der Waals surface area (Å²) in [7, 11) is 0. The average molecular weight is 582 g/mol. The van der Waals surface area contributed by atoms with Crippen molar-refractivity contribution in [3.63, 3.8) is 0 Å².